The number of anilines is 1. The number of rotatable bonds is 3. The quantitative estimate of drug-likeness (QED) is 0.689. The molecule has 5 nitrogen and oxygen atoms in total. The minimum absolute atomic E-state index is 0.0514. The molecule has 0 aromatic carbocycles. The lowest BCUT2D eigenvalue weighted by Gasteiger charge is -2.00. The first-order valence-electron chi connectivity index (χ1n) is 4.86. The van der Waals surface area contributed by atoms with Gasteiger partial charge in [0.05, 0.1) is 17.7 Å². The van der Waals surface area contributed by atoms with Crippen molar-refractivity contribution in [3.63, 3.8) is 0 Å². The van der Waals surface area contributed by atoms with Crippen LogP contribution < -0.4 is 10.6 Å². The Labute approximate surface area is 97.9 Å². The number of hydrogen-bond acceptors (Lipinski definition) is 4. The number of amides is 2. The summed E-state index contributed by atoms with van der Waals surface area (Å²) in [6, 6.07) is -0.272. The van der Waals surface area contributed by atoms with Gasteiger partial charge in [-0.2, -0.15) is 0 Å². The predicted octanol–water partition coefficient (Wildman–Crippen LogP) is 1.02. The Bertz CT molecular complexity index is 406. The van der Waals surface area contributed by atoms with Crippen molar-refractivity contribution < 1.29 is 9.90 Å². The second-order valence-corrected chi connectivity index (χ2v) is 3.82. The summed E-state index contributed by atoms with van der Waals surface area (Å²) in [6.07, 6.45) is 2.04. The third kappa shape index (κ3) is 4.29. The van der Waals surface area contributed by atoms with Gasteiger partial charge in [0, 0.05) is 13.0 Å². The largest absolute Gasteiger partial charge is 0.395 e. The van der Waals surface area contributed by atoms with Gasteiger partial charge < -0.3 is 10.4 Å². The van der Waals surface area contributed by atoms with E-state index in [-0.39, 0.29) is 12.6 Å². The number of carbonyl (C=O) groups is 1. The minimum atomic E-state index is -0.272. The lowest BCUT2D eigenvalue weighted by molar-refractivity contribution is 0.252. The van der Waals surface area contributed by atoms with E-state index >= 15 is 0 Å². The molecule has 16 heavy (non-hydrogen) atoms. The number of carbonyl (C=O) groups excluding carboxylic acids is 1. The summed E-state index contributed by atoms with van der Waals surface area (Å²) in [7, 11) is 0. The normalized spacial score (nSPS) is 9.12. The summed E-state index contributed by atoms with van der Waals surface area (Å²) in [5, 5.41) is 14.3. The van der Waals surface area contributed by atoms with Crippen LogP contribution in [0.4, 0.5) is 9.93 Å². The highest BCUT2D eigenvalue weighted by atomic mass is 32.1. The highest BCUT2D eigenvalue weighted by Gasteiger charge is 2.03. The fourth-order valence-electron chi connectivity index (χ4n) is 0.897. The fraction of sp³-hybridized carbons (Fsp3) is 0.400. The van der Waals surface area contributed by atoms with Crippen LogP contribution in [0.5, 0.6) is 0 Å². The maximum Gasteiger partial charge on any atom is 0.321 e. The Morgan fingerprint density at radius 1 is 1.69 bits per heavy atom. The summed E-state index contributed by atoms with van der Waals surface area (Å²) < 4.78 is 0. The number of urea groups is 1. The Balaban J connectivity index is 2.52. The van der Waals surface area contributed by atoms with Crippen molar-refractivity contribution in [2.45, 2.75) is 13.3 Å². The van der Waals surface area contributed by atoms with Gasteiger partial charge in [-0.25, -0.2) is 9.78 Å². The Morgan fingerprint density at radius 2 is 2.50 bits per heavy atom. The maximum atomic E-state index is 11.2. The number of hydrogen-bond donors (Lipinski definition) is 3. The van der Waals surface area contributed by atoms with Crippen LogP contribution >= 0.6 is 11.3 Å². The second-order valence-electron chi connectivity index (χ2n) is 2.79. The molecule has 1 aromatic heterocycles. The third-order valence-corrected chi connectivity index (χ3v) is 2.34. The zero-order valence-corrected chi connectivity index (χ0v) is 9.73. The van der Waals surface area contributed by atoms with E-state index in [0.29, 0.717) is 18.1 Å². The van der Waals surface area contributed by atoms with E-state index in [1.807, 2.05) is 6.92 Å². The summed E-state index contributed by atoms with van der Waals surface area (Å²) in [5.41, 5.74) is 0. The van der Waals surface area contributed by atoms with Crippen molar-refractivity contribution in [1.82, 2.24) is 10.3 Å². The molecule has 0 aliphatic heterocycles. The van der Waals surface area contributed by atoms with Crippen LogP contribution in [-0.4, -0.2) is 29.3 Å². The molecule has 0 spiro atoms. The third-order valence-electron chi connectivity index (χ3n) is 1.51. The van der Waals surface area contributed by atoms with Crippen LogP contribution in [0.3, 0.4) is 0 Å². The predicted molar refractivity (Wildman–Crippen MR) is 63.4 cm³/mol. The smallest absolute Gasteiger partial charge is 0.321 e. The van der Waals surface area contributed by atoms with E-state index in [0.717, 1.165) is 4.88 Å². The molecule has 0 fully saturated rings. The number of aliphatic hydroxyl groups excluding tert-OH is 1. The van der Waals surface area contributed by atoms with E-state index in [2.05, 4.69) is 27.5 Å². The minimum Gasteiger partial charge on any atom is -0.395 e. The van der Waals surface area contributed by atoms with Gasteiger partial charge in [0.25, 0.3) is 0 Å². The summed E-state index contributed by atoms with van der Waals surface area (Å²) >= 11 is 1.30. The van der Waals surface area contributed by atoms with Gasteiger partial charge in [-0.1, -0.05) is 23.2 Å². The molecule has 0 saturated heterocycles. The number of aromatic nitrogens is 1. The molecule has 6 heteroatoms. The Morgan fingerprint density at radius 3 is 3.19 bits per heavy atom. The molecule has 0 saturated carbocycles. The first-order chi connectivity index (χ1) is 7.76. The molecule has 1 aromatic rings. The average molecular weight is 239 g/mol. The average Bonchev–Trinajstić information content (AvgIpc) is 2.66. The summed E-state index contributed by atoms with van der Waals surface area (Å²) in [5.74, 6) is 5.63. The highest BCUT2D eigenvalue weighted by molar-refractivity contribution is 7.16. The van der Waals surface area contributed by atoms with Crippen molar-refractivity contribution in [2.24, 2.45) is 0 Å². The maximum absolute atomic E-state index is 11.2. The molecule has 0 atom stereocenters. The molecule has 0 aliphatic rings. The Hall–Kier alpha value is -1.58. The van der Waals surface area contributed by atoms with Crippen molar-refractivity contribution in [2.75, 3.05) is 18.5 Å². The van der Waals surface area contributed by atoms with E-state index in [1.54, 1.807) is 6.20 Å². The molecule has 3 N–H and O–H groups in total. The van der Waals surface area contributed by atoms with Gasteiger partial charge in [0.2, 0.25) is 0 Å². The molecular weight excluding hydrogens is 226 g/mol. The van der Waals surface area contributed by atoms with Crippen LogP contribution in [0.25, 0.3) is 0 Å². The molecule has 1 rings (SSSR count). The second kappa shape index (κ2) is 6.82. The molecule has 86 valence electrons. The van der Waals surface area contributed by atoms with Crippen molar-refractivity contribution >= 4 is 22.5 Å². The fourth-order valence-corrected chi connectivity index (χ4v) is 1.58. The van der Waals surface area contributed by atoms with Crippen molar-refractivity contribution in [3.05, 3.63) is 11.1 Å². The van der Waals surface area contributed by atoms with Gasteiger partial charge in [0.1, 0.15) is 0 Å². The Kier molecular flexibility index (Phi) is 5.32. The van der Waals surface area contributed by atoms with Crippen molar-refractivity contribution in [1.29, 1.82) is 0 Å². The van der Waals surface area contributed by atoms with E-state index in [4.69, 9.17) is 5.11 Å². The topological polar surface area (TPSA) is 74.2 Å². The van der Waals surface area contributed by atoms with Gasteiger partial charge in [-0.3, -0.25) is 5.32 Å². The monoisotopic (exact) mass is 239 g/mol. The van der Waals surface area contributed by atoms with Crippen LogP contribution in [-0.2, 0) is 0 Å². The molecule has 1 heterocycles. The van der Waals surface area contributed by atoms with Crippen LogP contribution in [0.1, 0.15) is 18.2 Å². The number of aliphatic hydroxyl groups is 1. The SMILES string of the molecule is CCNC(=O)Nc1ncc(C#CCCO)s1. The lowest BCUT2D eigenvalue weighted by Crippen LogP contribution is -2.28. The van der Waals surface area contributed by atoms with Crippen LogP contribution in [0.15, 0.2) is 6.20 Å². The van der Waals surface area contributed by atoms with E-state index in [1.165, 1.54) is 11.3 Å². The van der Waals surface area contributed by atoms with Gasteiger partial charge >= 0.3 is 6.03 Å². The molecule has 0 radical (unpaired) electrons. The van der Waals surface area contributed by atoms with E-state index in [9.17, 15) is 4.79 Å². The first kappa shape index (κ1) is 12.5. The van der Waals surface area contributed by atoms with Crippen LogP contribution in [0, 0.1) is 11.8 Å². The van der Waals surface area contributed by atoms with Gasteiger partial charge in [-0.05, 0) is 6.92 Å². The summed E-state index contributed by atoms with van der Waals surface area (Å²) in [4.78, 5) is 15.9. The standard InChI is InChI=1S/C10H13N3O2S/c1-2-11-9(15)13-10-12-7-8(16-10)5-3-4-6-14/h7,14H,2,4,6H2,1H3,(H2,11,12,13,15). The molecule has 0 aliphatic carbocycles. The van der Waals surface area contributed by atoms with Gasteiger partial charge in [0.15, 0.2) is 5.13 Å². The van der Waals surface area contributed by atoms with Crippen molar-refractivity contribution in [3.8, 4) is 11.8 Å². The van der Waals surface area contributed by atoms with Gasteiger partial charge in [-0.15, -0.1) is 0 Å². The molecule has 2 amide bonds. The highest BCUT2D eigenvalue weighted by Crippen LogP contribution is 2.16. The zero-order valence-electron chi connectivity index (χ0n) is 8.91. The zero-order chi connectivity index (χ0) is 11.8. The molecule has 0 unspecified atom stereocenters. The lowest BCUT2D eigenvalue weighted by atomic mass is 10.4. The number of nitrogens with zero attached hydrogens (tertiary/aromatic N) is 1. The van der Waals surface area contributed by atoms with Crippen LogP contribution in [0.2, 0.25) is 0 Å². The number of nitrogens with one attached hydrogen (secondary N) is 2. The number of thiazole rings is 1. The molecular formula is C10H13N3O2S. The summed E-state index contributed by atoms with van der Waals surface area (Å²) in [6.45, 7) is 2.46. The van der Waals surface area contributed by atoms with E-state index < -0.39 is 0 Å². The first-order valence-corrected chi connectivity index (χ1v) is 5.68. The molecule has 0 bridgehead atoms.